The van der Waals surface area contributed by atoms with E-state index in [1.807, 2.05) is 0 Å². The zero-order valence-electron chi connectivity index (χ0n) is 15.3. The third kappa shape index (κ3) is 7.42. The van der Waals surface area contributed by atoms with E-state index in [4.69, 9.17) is 41.0 Å². The van der Waals surface area contributed by atoms with E-state index in [2.05, 4.69) is 14.3 Å². The van der Waals surface area contributed by atoms with Crippen molar-refractivity contribution in [3.8, 4) is 5.75 Å². The summed E-state index contributed by atoms with van der Waals surface area (Å²) in [6.45, 7) is 8.36. The van der Waals surface area contributed by atoms with Gasteiger partial charge in [0.2, 0.25) is 6.54 Å². The number of phosphoric acid groups is 1. The Morgan fingerprint density at radius 2 is 2.14 bits per heavy atom. The Labute approximate surface area is 171 Å². The van der Waals surface area contributed by atoms with Gasteiger partial charge >= 0.3 is 7.82 Å². The Kier molecular flexibility index (Phi) is 9.33. The van der Waals surface area contributed by atoms with E-state index >= 15 is 0 Å². The van der Waals surface area contributed by atoms with E-state index in [0.29, 0.717) is 11.4 Å². The number of ketones is 1. The summed E-state index contributed by atoms with van der Waals surface area (Å²) in [6.07, 6.45) is -1.05. The number of rotatable bonds is 11. The number of carbonyl (C=O) groups is 1. The first-order valence-corrected chi connectivity index (χ1v) is 10.8. The molecule has 0 spiro atoms. The maximum atomic E-state index is 13.2. The van der Waals surface area contributed by atoms with E-state index in [9.17, 15) is 9.36 Å². The molecule has 1 fully saturated rings. The van der Waals surface area contributed by atoms with Gasteiger partial charge in [-0.1, -0.05) is 11.6 Å². The molecule has 5 unspecified atom stereocenters. The monoisotopic (exact) mass is 449 g/mol. The van der Waals surface area contributed by atoms with Gasteiger partial charge in [-0.05, 0) is 31.2 Å². The molecule has 154 valence electrons. The summed E-state index contributed by atoms with van der Waals surface area (Å²) in [5.41, 5.74) is 0. The third-order valence-corrected chi connectivity index (χ3v) is 5.71. The van der Waals surface area contributed by atoms with E-state index in [0.717, 1.165) is 0 Å². The lowest BCUT2D eigenvalue weighted by Crippen LogP contribution is -2.28. The van der Waals surface area contributed by atoms with Gasteiger partial charge in [0.1, 0.15) is 30.3 Å². The van der Waals surface area contributed by atoms with Crippen molar-refractivity contribution in [2.45, 2.75) is 38.1 Å². The summed E-state index contributed by atoms with van der Waals surface area (Å²) >= 11 is 5.85. The highest BCUT2D eigenvalue weighted by Crippen LogP contribution is 2.52. The minimum atomic E-state index is -4.07. The fourth-order valence-corrected chi connectivity index (χ4v) is 4.38. The standard InChI is InChI=1S/C17H22ClNO7P2/c1-12(20)9-15-10-16(17(24-15)11-22-27)26-28(21,23-8-7-19-2)25-14-5-3-13(18)4-6-14/h3-6,15-17H,7-11,27H2,1H3. The van der Waals surface area contributed by atoms with Gasteiger partial charge in [-0.25, -0.2) is 11.1 Å². The van der Waals surface area contributed by atoms with Gasteiger partial charge in [-0.3, -0.25) is 13.8 Å². The molecule has 0 bridgehead atoms. The van der Waals surface area contributed by atoms with E-state index in [-0.39, 0.29) is 43.8 Å². The SMILES string of the molecule is [C-]#[N+]CCOP(=O)(Oc1ccc(Cl)cc1)OC1CC(CC(C)=O)OC1COP. The lowest BCUT2D eigenvalue weighted by Gasteiger charge is -2.23. The number of halogens is 1. The molecular weight excluding hydrogens is 428 g/mol. The molecule has 28 heavy (non-hydrogen) atoms. The van der Waals surface area contributed by atoms with Crippen molar-refractivity contribution in [3.63, 3.8) is 0 Å². The topological polar surface area (TPSA) is 84.7 Å². The van der Waals surface area contributed by atoms with Crippen molar-refractivity contribution in [2.75, 3.05) is 19.8 Å². The number of nitrogens with zero attached hydrogens (tertiary/aromatic N) is 1. The number of ether oxygens (including phenoxy) is 1. The molecule has 1 aliphatic rings. The number of benzene rings is 1. The van der Waals surface area contributed by atoms with Crippen LogP contribution in [-0.2, 0) is 27.7 Å². The van der Waals surface area contributed by atoms with E-state index < -0.39 is 20.0 Å². The van der Waals surface area contributed by atoms with Gasteiger partial charge in [-0.2, -0.15) is 0 Å². The number of hydrogen-bond acceptors (Lipinski definition) is 7. The number of Topliss-reactive ketones (excluding diaryl/α,β-unsaturated/α-hetero) is 1. The highest BCUT2D eigenvalue weighted by Gasteiger charge is 2.43. The highest BCUT2D eigenvalue weighted by molar-refractivity contribution is 7.49. The molecule has 0 aromatic heterocycles. The number of carbonyl (C=O) groups excluding carboxylic acids is 1. The Hall–Kier alpha value is -1.03. The predicted octanol–water partition coefficient (Wildman–Crippen LogP) is 4.09. The molecule has 0 radical (unpaired) electrons. The smallest absolute Gasteiger partial charge is 0.404 e. The van der Waals surface area contributed by atoms with Gasteiger partial charge in [-0.15, -0.1) is 0 Å². The van der Waals surface area contributed by atoms with E-state index in [1.165, 1.54) is 19.1 Å². The summed E-state index contributed by atoms with van der Waals surface area (Å²) < 4.78 is 40.5. The van der Waals surface area contributed by atoms with Crippen LogP contribution in [0.25, 0.3) is 4.85 Å². The average molecular weight is 450 g/mol. The molecule has 1 saturated heterocycles. The zero-order chi connectivity index (χ0) is 20.6. The Balaban J connectivity index is 2.14. The Bertz CT molecular complexity index is 740. The van der Waals surface area contributed by atoms with Crippen molar-refractivity contribution in [2.24, 2.45) is 0 Å². The second-order valence-corrected chi connectivity index (χ2v) is 8.44. The van der Waals surface area contributed by atoms with Crippen molar-refractivity contribution in [3.05, 3.63) is 40.7 Å². The summed E-state index contributed by atoms with van der Waals surface area (Å²) in [5.74, 6) is 0.221. The van der Waals surface area contributed by atoms with Crippen LogP contribution in [0.4, 0.5) is 0 Å². The first kappa shape index (κ1) is 23.3. The summed E-state index contributed by atoms with van der Waals surface area (Å²) in [4.78, 5) is 14.6. The number of phosphoric ester groups is 1. The molecule has 1 aromatic rings. The summed E-state index contributed by atoms with van der Waals surface area (Å²) in [7, 11) is -1.96. The van der Waals surface area contributed by atoms with Crippen molar-refractivity contribution < 1.29 is 32.2 Å². The Morgan fingerprint density at radius 3 is 2.75 bits per heavy atom. The van der Waals surface area contributed by atoms with Gasteiger partial charge < -0.3 is 18.6 Å². The molecule has 5 atom stereocenters. The van der Waals surface area contributed by atoms with Gasteiger partial charge in [0.25, 0.3) is 0 Å². The van der Waals surface area contributed by atoms with Crippen LogP contribution in [0.15, 0.2) is 24.3 Å². The quantitative estimate of drug-likeness (QED) is 0.286. The molecule has 0 amide bonds. The highest BCUT2D eigenvalue weighted by atomic mass is 35.5. The molecule has 1 aromatic carbocycles. The maximum absolute atomic E-state index is 13.2. The van der Waals surface area contributed by atoms with Crippen molar-refractivity contribution >= 4 is 34.7 Å². The molecule has 0 N–H and O–H groups in total. The van der Waals surface area contributed by atoms with Crippen LogP contribution in [0.3, 0.4) is 0 Å². The predicted molar refractivity (Wildman–Crippen MR) is 106 cm³/mol. The Morgan fingerprint density at radius 1 is 1.43 bits per heavy atom. The van der Waals surface area contributed by atoms with Crippen LogP contribution in [0.2, 0.25) is 5.02 Å². The van der Waals surface area contributed by atoms with E-state index in [1.54, 1.807) is 12.1 Å². The minimum absolute atomic E-state index is 0.00357. The largest absolute Gasteiger partial charge is 0.530 e. The normalized spacial score (nSPS) is 23.7. The van der Waals surface area contributed by atoms with Crippen LogP contribution in [-0.4, -0.2) is 43.9 Å². The molecule has 11 heteroatoms. The summed E-state index contributed by atoms with van der Waals surface area (Å²) in [5, 5.41) is 0.492. The number of hydrogen-bond donors (Lipinski definition) is 0. The third-order valence-electron chi connectivity index (χ3n) is 3.80. The lowest BCUT2D eigenvalue weighted by atomic mass is 10.1. The lowest BCUT2D eigenvalue weighted by molar-refractivity contribution is -0.119. The van der Waals surface area contributed by atoms with Crippen LogP contribution in [0.5, 0.6) is 5.75 Å². The van der Waals surface area contributed by atoms with Crippen molar-refractivity contribution in [1.82, 2.24) is 0 Å². The second kappa shape index (κ2) is 11.2. The van der Waals surface area contributed by atoms with Crippen LogP contribution < -0.4 is 4.52 Å². The first-order chi connectivity index (χ1) is 13.3. The second-order valence-electron chi connectivity index (χ2n) is 6.12. The summed E-state index contributed by atoms with van der Waals surface area (Å²) in [6, 6.07) is 6.22. The van der Waals surface area contributed by atoms with Gasteiger partial charge in [0.05, 0.1) is 12.7 Å². The van der Waals surface area contributed by atoms with Crippen molar-refractivity contribution in [1.29, 1.82) is 0 Å². The first-order valence-electron chi connectivity index (χ1n) is 8.53. The molecule has 2 rings (SSSR count). The zero-order valence-corrected chi connectivity index (χ0v) is 18.1. The van der Waals surface area contributed by atoms with Crippen LogP contribution in [0.1, 0.15) is 19.8 Å². The fraction of sp³-hybridized carbons (Fsp3) is 0.529. The average Bonchev–Trinajstić information content (AvgIpc) is 2.97. The fourth-order valence-electron chi connectivity index (χ4n) is 2.67. The molecule has 8 nitrogen and oxygen atoms in total. The minimum Gasteiger partial charge on any atom is -0.404 e. The molecular formula is C17H22ClNO7P2. The molecule has 1 aliphatic heterocycles. The maximum Gasteiger partial charge on any atom is 0.530 e. The van der Waals surface area contributed by atoms with Crippen LogP contribution in [0, 0.1) is 6.57 Å². The molecule has 0 saturated carbocycles. The van der Waals surface area contributed by atoms with Gasteiger partial charge in [0.15, 0.2) is 0 Å². The van der Waals surface area contributed by atoms with Gasteiger partial charge in [0, 0.05) is 27.3 Å². The molecule has 0 aliphatic carbocycles. The molecule has 1 heterocycles. The van der Waals surface area contributed by atoms with Crippen LogP contribution >= 0.6 is 28.9 Å².